The lowest BCUT2D eigenvalue weighted by molar-refractivity contribution is 0.491. The molecule has 0 fully saturated rings. The average molecular weight is 229 g/mol. The molecule has 0 atom stereocenters. The summed E-state index contributed by atoms with van der Waals surface area (Å²) < 4.78 is 7.25. The topological polar surface area (TPSA) is 67.9 Å². The van der Waals surface area contributed by atoms with Crippen molar-refractivity contribution >= 4 is 5.82 Å². The van der Waals surface area contributed by atoms with E-state index in [1.165, 1.54) is 0 Å². The van der Waals surface area contributed by atoms with Gasteiger partial charge in [0.25, 0.3) is 0 Å². The van der Waals surface area contributed by atoms with Gasteiger partial charge in [0.15, 0.2) is 0 Å². The quantitative estimate of drug-likeness (QED) is 0.878. The number of nitrogens with zero attached hydrogens (tertiary/aromatic N) is 2. The Balaban J connectivity index is 2.25. The fourth-order valence-electron chi connectivity index (χ4n) is 2.00. The van der Waals surface area contributed by atoms with Crippen molar-refractivity contribution in [3.63, 3.8) is 0 Å². The highest BCUT2D eigenvalue weighted by atomic mass is 16.3. The number of hydrogen-bond acceptors (Lipinski definition) is 3. The van der Waals surface area contributed by atoms with Crippen molar-refractivity contribution in [3.05, 3.63) is 41.0 Å². The lowest BCUT2D eigenvalue weighted by atomic mass is 10.2. The van der Waals surface area contributed by atoms with E-state index in [-0.39, 0.29) is 0 Å². The van der Waals surface area contributed by atoms with Gasteiger partial charge >= 0.3 is 0 Å². The van der Waals surface area contributed by atoms with Crippen LogP contribution in [0.4, 0.5) is 5.82 Å². The van der Waals surface area contributed by atoms with Crippen molar-refractivity contribution in [2.45, 2.75) is 26.8 Å². The summed E-state index contributed by atoms with van der Waals surface area (Å²) in [5, 5.41) is 9.03. The van der Waals surface area contributed by atoms with Crippen LogP contribution in [0.5, 0.6) is 0 Å². The van der Waals surface area contributed by atoms with Gasteiger partial charge in [-0.15, -0.1) is 0 Å². The second-order valence-electron chi connectivity index (χ2n) is 4.06. The summed E-state index contributed by atoms with van der Waals surface area (Å²) in [5.74, 6) is 1.47. The molecule has 88 valence electrons. The van der Waals surface area contributed by atoms with Crippen molar-refractivity contribution in [1.29, 1.82) is 5.26 Å². The number of aromatic nitrogens is 1. The zero-order chi connectivity index (χ0) is 12.4. The van der Waals surface area contributed by atoms with Crippen LogP contribution in [0.15, 0.2) is 22.8 Å². The molecule has 4 nitrogen and oxygen atoms in total. The molecule has 2 aromatic rings. The SMILES string of the molecule is Cc1c(C#N)c(N)n(CCc2ccco2)c1C. The van der Waals surface area contributed by atoms with Crippen LogP contribution < -0.4 is 5.73 Å². The molecule has 0 aliphatic carbocycles. The molecule has 0 saturated heterocycles. The molecule has 0 saturated carbocycles. The van der Waals surface area contributed by atoms with Gasteiger partial charge in [-0.1, -0.05) is 0 Å². The summed E-state index contributed by atoms with van der Waals surface area (Å²) in [5.41, 5.74) is 8.56. The van der Waals surface area contributed by atoms with E-state index in [0.717, 1.165) is 30.0 Å². The molecule has 0 unspecified atom stereocenters. The van der Waals surface area contributed by atoms with Gasteiger partial charge < -0.3 is 14.7 Å². The molecule has 0 aliphatic rings. The zero-order valence-corrected chi connectivity index (χ0v) is 10.0. The van der Waals surface area contributed by atoms with Crippen LogP contribution in [0.3, 0.4) is 0 Å². The van der Waals surface area contributed by atoms with Gasteiger partial charge in [-0.3, -0.25) is 0 Å². The van der Waals surface area contributed by atoms with E-state index >= 15 is 0 Å². The van der Waals surface area contributed by atoms with Crippen molar-refractivity contribution in [1.82, 2.24) is 4.57 Å². The first kappa shape index (κ1) is 11.3. The molecule has 0 aliphatic heterocycles. The molecule has 0 bridgehead atoms. The van der Waals surface area contributed by atoms with E-state index in [1.54, 1.807) is 6.26 Å². The molecule has 0 radical (unpaired) electrons. The van der Waals surface area contributed by atoms with Gasteiger partial charge in [-0.05, 0) is 31.5 Å². The smallest absolute Gasteiger partial charge is 0.122 e. The zero-order valence-electron chi connectivity index (χ0n) is 10.0. The third-order valence-corrected chi connectivity index (χ3v) is 3.14. The largest absolute Gasteiger partial charge is 0.469 e. The highest BCUT2D eigenvalue weighted by Gasteiger charge is 2.14. The monoisotopic (exact) mass is 229 g/mol. The summed E-state index contributed by atoms with van der Waals surface area (Å²) in [4.78, 5) is 0. The maximum atomic E-state index is 9.03. The maximum absolute atomic E-state index is 9.03. The van der Waals surface area contributed by atoms with Crippen LogP contribution >= 0.6 is 0 Å². The minimum absolute atomic E-state index is 0.550. The first-order valence-corrected chi connectivity index (χ1v) is 5.52. The Hall–Kier alpha value is -2.15. The number of nitrogens with two attached hydrogens (primary N) is 1. The molecule has 0 aromatic carbocycles. The average Bonchev–Trinajstić information content (AvgIpc) is 2.88. The molecular weight excluding hydrogens is 214 g/mol. The van der Waals surface area contributed by atoms with Gasteiger partial charge in [0.05, 0.1) is 11.8 Å². The van der Waals surface area contributed by atoms with Crippen LogP contribution in [0.1, 0.15) is 22.6 Å². The summed E-state index contributed by atoms with van der Waals surface area (Å²) in [6, 6.07) is 5.95. The second-order valence-corrected chi connectivity index (χ2v) is 4.06. The van der Waals surface area contributed by atoms with Gasteiger partial charge in [0, 0.05) is 18.7 Å². The van der Waals surface area contributed by atoms with E-state index in [0.29, 0.717) is 11.4 Å². The Kier molecular flexibility index (Phi) is 2.92. The fraction of sp³-hybridized carbons (Fsp3) is 0.308. The third kappa shape index (κ3) is 1.92. The summed E-state index contributed by atoms with van der Waals surface area (Å²) in [6.07, 6.45) is 2.43. The number of aryl methyl sites for hydroxylation is 1. The van der Waals surface area contributed by atoms with Gasteiger partial charge in [0.2, 0.25) is 0 Å². The minimum atomic E-state index is 0.550. The first-order chi connectivity index (χ1) is 8.15. The third-order valence-electron chi connectivity index (χ3n) is 3.14. The van der Waals surface area contributed by atoms with Gasteiger partial charge in [-0.25, -0.2) is 0 Å². The van der Waals surface area contributed by atoms with E-state index in [2.05, 4.69) is 6.07 Å². The lowest BCUT2D eigenvalue weighted by Crippen LogP contribution is -2.07. The number of furan rings is 1. The van der Waals surface area contributed by atoms with Crippen LogP contribution in [-0.4, -0.2) is 4.57 Å². The summed E-state index contributed by atoms with van der Waals surface area (Å²) in [6.45, 7) is 4.63. The standard InChI is InChI=1S/C13H15N3O/c1-9-10(2)16(13(15)12(9)8-14)6-5-11-4-3-7-17-11/h3-4,7H,5-6,15H2,1-2H3. The van der Waals surface area contributed by atoms with Crippen molar-refractivity contribution in [3.8, 4) is 6.07 Å². The molecule has 2 heterocycles. The fourth-order valence-corrected chi connectivity index (χ4v) is 2.00. The minimum Gasteiger partial charge on any atom is -0.469 e. The molecule has 2 aromatic heterocycles. The van der Waals surface area contributed by atoms with Crippen LogP contribution in [0.25, 0.3) is 0 Å². The maximum Gasteiger partial charge on any atom is 0.122 e. The number of nitriles is 1. The Morgan fingerprint density at radius 2 is 2.24 bits per heavy atom. The molecular formula is C13H15N3O. The number of rotatable bonds is 3. The van der Waals surface area contributed by atoms with Gasteiger partial charge in [-0.2, -0.15) is 5.26 Å². The molecule has 0 spiro atoms. The van der Waals surface area contributed by atoms with Crippen LogP contribution in [0.2, 0.25) is 0 Å². The molecule has 17 heavy (non-hydrogen) atoms. The summed E-state index contributed by atoms with van der Waals surface area (Å²) >= 11 is 0. The van der Waals surface area contributed by atoms with Crippen molar-refractivity contribution in [2.75, 3.05) is 5.73 Å². The van der Waals surface area contributed by atoms with Gasteiger partial charge in [0.1, 0.15) is 17.6 Å². The Morgan fingerprint density at radius 3 is 2.76 bits per heavy atom. The summed E-state index contributed by atoms with van der Waals surface area (Å²) in [7, 11) is 0. The molecule has 0 amide bonds. The highest BCUT2D eigenvalue weighted by Crippen LogP contribution is 2.23. The predicted octanol–water partition coefficient (Wildman–Crippen LogP) is 2.39. The van der Waals surface area contributed by atoms with Crippen LogP contribution in [0, 0.1) is 25.2 Å². The Labute approximate surface area is 100 Å². The molecule has 4 heteroatoms. The second kappa shape index (κ2) is 4.38. The normalized spacial score (nSPS) is 10.4. The van der Waals surface area contributed by atoms with Crippen molar-refractivity contribution < 1.29 is 4.42 Å². The van der Waals surface area contributed by atoms with Crippen molar-refractivity contribution in [2.24, 2.45) is 0 Å². The van der Waals surface area contributed by atoms with Crippen LogP contribution in [-0.2, 0) is 13.0 Å². The Morgan fingerprint density at radius 1 is 1.47 bits per heavy atom. The predicted molar refractivity (Wildman–Crippen MR) is 65.4 cm³/mol. The van der Waals surface area contributed by atoms with E-state index in [4.69, 9.17) is 15.4 Å². The molecule has 2 rings (SSSR count). The Bertz CT molecular complexity index is 558. The lowest BCUT2D eigenvalue weighted by Gasteiger charge is -2.07. The highest BCUT2D eigenvalue weighted by molar-refractivity contribution is 5.57. The van der Waals surface area contributed by atoms with E-state index in [9.17, 15) is 0 Å². The van der Waals surface area contributed by atoms with E-state index < -0.39 is 0 Å². The number of nitrogen functional groups attached to an aromatic ring is 1. The number of anilines is 1. The van der Waals surface area contributed by atoms with E-state index in [1.807, 2.05) is 30.5 Å². The molecule has 2 N–H and O–H groups in total. The number of hydrogen-bond donors (Lipinski definition) is 1. The first-order valence-electron chi connectivity index (χ1n) is 5.52.